The second-order valence-corrected chi connectivity index (χ2v) is 9.31. The molecule has 1 unspecified atom stereocenters. The molecule has 0 bridgehead atoms. The maximum Gasteiger partial charge on any atom is 0.240 e. The molecule has 1 saturated heterocycles. The van der Waals surface area contributed by atoms with E-state index < -0.39 is 5.54 Å². The quantitative estimate of drug-likeness (QED) is 0.654. The molecule has 1 aromatic rings. The maximum atomic E-state index is 13.2. The van der Waals surface area contributed by atoms with Crippen LogP contribution in [0.25, 0.3) is 0 Å². The fourth-order valence-corrected chi connectivity index (χ4v) is 5.29. The van der Waals surface area contributed by atoms with Crippen molar-refractivity contribution in [3.63, 3.8) is 0 Å². The van der Waals surface area contributed by atoms with Gasteiger partial charge < -0.3 is 14.4 Å². The normalized spacial score (nSPS) is 21.9. The van der Waals surface area contributed by atoms with E-state index >= 15 is 0 Å². The van der Waals surface area contributed by atoms with E-state index in [1.165, 1.54) is 0 Å². The van der Waals surface area contributed by atoms with Crippen LogP contribution in [0.15, 0.2) is 18.2 Å². The zero-order valence-corrected chi connectivity index (χ0v) is 19.1. The Labute approximate surface area is 190 Å². The van der Waals surface area contributed by atoms with Gasteiger partial charge in [0.2, 0.25) is 5.91 Å². The first-order chi connectivity index (χ1) is 15.4. The van der Waals surface area contributed by atoms with E-state index in [9.17, 15) is 14.9 Å². The van der Waals surface area contributed by atoms with Crippen molar-refractivity contribution >= 4 is 11.7 Å². The van der Waals surface area contributed by atoms with E-state index in [2.05, 4.69) is 11.0 Å². The molecule has 0 N–H and O–H groups in total. The van der Waals surface area contributed by atoms with Gasteiger partial charge in [0.05, 0.1) is 12.1 Å². The number of piperidine rings is 1. The van der Waals surface area contributed by atoms with E-state index in [-0.39, 0.29) is 23.7 Å². The molecule has 2 aliphatic heterocycles. The predicted molar refractivity (Wildman–Crippen MR) is 120 cm³/mol. The number of Topliss-reactive ketones (excluding diaryl/α,β-unsaturated/α-hetero) is 1. The highest BCUT2D eigenvalue weighted by Crippen LogP contribution is 2.34. The molecule has 2 fully saturated rings. The number of amides is 1. The molecule has 1 aliphatic carbocycles. The minimum absolute atomic E-state index is 0.00469. The van der Waals surface area contributed by atoms with Crippen molar-refractivity contribution in [3.05, 3.63) is 23.8 Å². The van der Waals surface area contributed by atoms with Crippen molar-refractivity contribution in [1.82, 2.24) is 9.80 Å². The lowest BCUT2D eigenvalue weighted by atomic mass is 9.81. The zero-order valence-electron chi connectivity index (χ0n) is 19.1. The Morgan fingerprint density at radius 2 is 1.78 bits per heavy atom. The average molecular weight is 440 g/mol. The molecule has 1 atom stereocenters. The van der Waals surface area contributed by atoms with Crippen molar-refractivity contribution in [2.24, 2.45) is 5.92 Å². The Hall–Kier alpha value is -2.59. The van der Waals surface area contributed by atoms with Gasteiger partial charge in [-0.2, -0.15) is 5.26 Å². The molecule has 0 radical (unpaired) electrons. The summed E-state index contributed by atoms with van der Waals surface area (Å²) in [6.07, 6.45) is 6.07. The summed E-state index contributed by atoms with van der Waals surface area (Å²) in [5, 5.41) is 9.82. The summed E-state index contributed by atoms with van der Waals surface area (Å²) in [7, 11) is 1.78. The third-order valence-corrected chi connectivity index (χ3v) is 7.49. The van der Waals surface area contributed by atoms with Crippen LogP contribution in [0.4, 0.5) is 0 Å². The highest BCUT2D eigenvalue weighted by atomic mass is 16.6. The van der Waals surface area contributed by atoms with E-state index in [0.29, 0.717) is 43.4 Å². The minimum Gasteiger partial charge on any atom is -0.486 e. The monoisotopic (exact) mass is 439 g/mol. The van der Waals surface area contributed by atoms with Gasteiger partial charge in [0.25, 0.3) is 0 Å². The summed E-state index contributed by atoms with van der Waals surface area (Å²) < 4.78 is 11.2. The van der Waals surface area contributed by atoms with E-state index in [4.69, 9.17) is 9.47 Å². The van der Waals surface area contributed by atoms with Gasteiger partial charge in [0.1, 0.15) is 18.8 Å². The van der Waals surface area contributed by atoms with Crippen molar-refractivity contribution in [1.29, 1.82) is 5.26 Å². The van der Waals surface area contributed by atoms with Gasteiger partial charge in [-0.25, -0.2) is 0 Å². The Kier molecular flexibility index (Phi) is 6.71. The van der Waals surface area contributed by atoms with Gasteiger partial charge in [-0.1, -0.05) is 19.3 Å². The third-order valence-electron chi connectivity index (χ3n) is 7.49. The molecule has 32 heavy (non-hydrogen) atoms. The van der Waals surface area contributed by atoms with E-state index in [1.54, 1.807) is 18.0 Å². The Balaban J connectivity index is 1.35. The number of nitrogens with zero attached hydrogens (tertiary/aromatic N) is 3. The van der Waals surface area contributed by atoms with Crippen LogP contribution in [0.2, 0.25) is 0 Å². The predicted octanol–water partition coefficient (Wildman–Crippen LogP) is 3.43. The summed E-state index contributed by atoms with van der Waals surface area (Å²) in [4.78, 5) is 30.1. The smallest absolute Gasteiger partial charge is 0.240 e. The number of likely N-dealkylation sites (tertiary alicyclic amines) is 1. The molecular formula is C25H33N3O4. The first-order valence-corrected chi connectivity index (χ1v) is 11.8. The highest BCUT2D eigenvalue weighted by Gasteiger charge is 2.41. The summed E-state index contributed by atoms with van der Waals surface area (Å²) in [5.74, 6) is 1.40. The topological polar surface area (TPSA) is 82.9 Å². The van der Waals surface area contributed by atoms with Crippen molar-refractivity contribution < 1.29 is 19.1 Å². The number of benzene rings is 1. The second kappa shape index (κ2) is 9.50. The summed E-state index contributed by atoms with van der Waals surface area (Å²) in [6.45, 7) is 4.34. The third kappa shape index (κ3) is 4.33. The Morgan fingerprint density at radius 3 is 2.44 bits per heavy atom. The standard InChI is InChI=1S/C25H33N3O4/c1-18(24(30)27(2)25(17-26)10-4-3-5-11-25)28-12-8-19(9-13-28)23(29)20-6-7-21-22(16-20)32-15-14-31-21/h6-7,16,18-19H,3-5,8-15H2,1-2H3. The van der Waals surface area contributed by atoms with Crippen molar-refractivity contribution in [2.75, 3.05) is 33.4 Å². The first kappa shape index (κ1) is 22.6. The van der Waals surface area contributed by atoms with Crippen LogP contribution in [0.5, 0.6) is 11.5 Å². The number of ketones is 1. The van der Waals surface area contributed by atoms with Crippen LogP contribution in [-0.2, 0) is 4.79 Å². The van der Waals surface area contributed by atoms with Crippen molar-refractivity contribution in [3.8, 4) is 17.6 Å². The average Bonchev–Trinajstić information content (AvgIpc) is 2.87. The number of carbonyl (C=O) groups excluding carboxylic acids is 2. The fraction of sp³-hybridized carbons (Fsp3) is 0.640. The zero-order chi connectivity index (χ0) is 22.7. The summed E-state index contributed by atoms with van der Waals surface area (Å²) in [6, 6.07) is 7.56. The van der Waals surface area contributed by atoms with Gasteiger partial charge in [-0.15, -0.1) is 0 Å². The van der Waals surface area contributed by atoms with Crippen molar-refractivity contribution in [2.45, 2.75) is 63.5 Å². The van der Waals surface area contributed by atoms with Crippen LogP contribution in [0, 0.1) is 17.2 Å². The largest absolute Gasteiger partial charge is 0.486 e. The lowest BCUT2D eigenvalue weighted by molar-refractivity contribution is -0.140. The number of fused-ring (bicyclic) bond motifs is 1. The van der Waals surface area contributed by atoms with Gasteiger partial charge >= 0.3 is 0 Å². The number of hydrogen-bond donors (Lipinski definition) is 0. The van der Waals surface area contributed by atoms with E-state index in [1.807, 2.05) is 19.1 Å². The molecule has 3 aliphatic rings. The van der Waals surface area contributed by atoms with Crippen LogP contribution in [0.3, 0.4) is 0 Å². The second-order valence-electron chi connectivity index (χ2n) is 9.31. The first-order valence-electron chi connectivity index (χ1n) is 11.8. The number of rotatable bonds is 5. The molecule has 7 heteroatoms. The van der Waals surface area contributed by atoms with Gasteiger partial charge in [0, 0.05) is 18.5 Å². The lowest BCUT2D eigenvalue weighted by Crippen LogP contribution is -2.56. The van der Waals surface area contributed by atoms with E-state index in [0.717, 1.165) is 44.9 Å². The Morgan fingerprint density at radius 1 is 1.12 bits per heavy atom. The molecular weight excluding hydrogens is 406 g/mol. The van der Waals surface area contributed by atoms with Crippen LogP contribution >= 0.6 is 0 Å². The molecule has 1 aromatic carbocycles. The maximum absolute atomic E-state index is 13.2. The molecule has 7 nitrogen and oxygen atoms in total. The summed E-state index contributed by atoms with van der Waals surface area (Å²) >= 11 is 0. The number of ether oxygens (including phenoxy) is 2. The van der Waals surface area contributed by atoms with Crippen LogP contribution in [0.1, 0.15) is 62.2 Å². The molecule has 0 aromatic heterocycles. The molecule has 4 rings (SSSR count). The van der Waals surface area contributed by atoms with Crippen LogP contribution in [-0.4, -0.2) is 66.4 Å². The number of nitriles is 1. The minimum atomic E-state index is -0.671. The molecule has 2 heterocycles. The Bertz CT molecular complexity index is 895. The molecule has 1 saturated carbocycles. The number of likely N-dealkylation sites (N-methyl/N-ethyl adjacent to an activating group) is 1. The SMILES string of the molecule is CC(C(=O)N(C)C1(C#N)CCCCC1)N1CCC(C(=O)c2ccc3c(c2)OCCO3)CC1. The molecule has 0 spiro atoms. The number of hydrogen-bond acceptors (Lipinski definition) is 6. The van der Waals surface area contributed by atoms with Crippen LogP contribution < -0.4 is 9.47 Å². The molecule has 172 valence electrons. The molecule has 1 amide bonds. The van der Waals surface area contributed by atoms with Gasteiger partial charge in [-0.05, 0) is 63.9 Å². The van der Waals surface area contributed by atoms with Gasteiger partial charge in [-0.3, -0.25) is 14.5 Å². The number of carbonyl (C=O) groups is 2. The lowest BCUT2D eigenvalue weighted by Gasteiger charge is -2.42. The van der Waals surface area contributed by atoms with Gasteiger partial charge in [0.15, 0.2) is 17.3 Å². The highest BCUT2D eigenvalue weighted by molar-refractivity contribution is 5.98. The fourth-order valence-electron chi connectivity index (χ4n) is 5.29. The summed E-state index contributed by atoms with van der Waals surface area (Å²) in [5.41, 5.74) is -0.0133.